The fourth-order valence-corrected chi connectivity index (χ4v) is 9.75. The molecule has 0 saturated carbocycles. The maximum atomic E-state index is 5.45. The molecule has 232 valence electrons. The third-order valence-electron chi connectivity index (χ3n) is 9.90. The second-order valence-corrected chi connectivity index (χ2v) is 15.3. The normalized spacial score (nSPS) is 13.3. The number of thiophene rings is 1. The fourth-order valence-electron chi connectivity index (χ4n) is 7.55. The topological polar surface area (TPSA) is 38.7 Å². The molecule has 9 aromatic rings. The second-order valence-electron chi connectivity index (χ2n) is 13.2. The van der Waals surface area contributed by atoms with Gasteiger partial charge in [-0.1, -0.05) is 123 Å². The van der Waals surface area contributed by atoms with E-state index in [0.717, 1.165) is 44.4 Å². The van der Waals surface area contributed by atoms with E-state index in [1.165, 1.54) is 52.7 Å². The summed E-state index contributed by atoms with van der Waals surface area (Å²) in [6.07, 6.45) is 0. The average Bonchev–Trinajstić information content (AvgIpc) is 3.82. The number of thiazole rings is 1. The third-order valence-corrected chi connectivity index (χ3v) is 12.2. The van der Waals surface area contributed by atoms with Gasteiger partial charge in [0, 0.05) is 53.4 Å². The molecule has 49 heavy (non-hydrogen) atoms. The molecule has 0 amide bonds. The van der Waals surface area contributed by atoms with E-state index in [-0.39, 0.29) is 5.41 Å². The molecule has 6 aromatic carbocycles. The minimum absolute atomic E-state index is 0.260. The van der Waals surface area contributed by atoms with Gasteiger partial charge >= 0.3 is 0 Å². The first kappa shape index (κ1) is 28.5. The Hall–Kier alpha value is -5.49. The summed E-state index contributed by atoms with van der Waals surface area (Å²) in [6.45, 7) is 4.61. The lowest BCUT2D eigenvalue weighted by Gasteiger charge is -2.24. The molecule has 0 saturated heterocycles. The van der Waals surface area contributed by atoms with Crippen molar-refractivity contribution in [1.82, 2.24) is 15.0 Å². The fraction of sp³-hybridized carbons (Fsp3) is 0.0682. The number of benzene rings is 6. The number of aromatic nitrogens is 3. The SMILES string of the molecule is CC1(C)c2ccccc2-c2nc(-c3cccc(-c4nc5ccccc5s4)c3)nc(-c3cccc(-c4cccc5c4sc4ccccc45)c3)c21. The predicted octanol–water partition coefficient (Wildman–Crippen LogP) is 12.4. The average molecular weight is 664 g/mol. The Morgan fingerprint density at radius 1 is 0.490 bits per heavy atom. The lowest BCUT2D eigenvalue weighted by Crippen LogP contribution is -2.17. The summed E-state index contributed by atoms with van der Waals surface area (Å²) in [7, 11) is 0. The van der Waals surface area contributed by atoms with Crippen LogP contribution in [-0.4, -0.2) is 15.0 Å². The summed E-state index contributed by atoms with van der Waals surface area (Å²) >= 11 is 3.58. The maximum Gasteiger partial charge on any atom is 0.160 e. The molecular formula is C44H29N3S2. The highest BCUT2D eigenvalue weighted by molar-refractivity contribution is 7.26. The molecule has 0 fully saturated rings. The number of hydrogen-bond acceptors (Lipinski definition) is 5. The summed E-state index contributed by atoms with van der Waals surface area (Å²) in [6, 6.07) is 49.9. The Balaban J connectivity index is 1.17. The molecule has 1 aliphatic carbocycles. The van der Waals surface area contributed by atoms with Gasteiger partial charge in [0.15, 0.2) is 5.82 Å². The minimum atomic E-state index is -0.260. The standard InChI is InChI=1S/C44H29N3S2/c1-44(2)34-20-5-3-17-33(34)40-38(44)39(46-42(47-40)28-14-10-15-29(25-28)43-45-35-21-6-8-23-37(35)49-43)27-13-9-12-26(24-27)30-18-11-19-32-31-16-4-7-22-36(31)48-41(30)32/h3-25H,1-2H3. The molecule has 1 aliphatic rings. The van der Waals surface area contributed by atoms with Crippen molar-refractivity contribution in [2.45, 2.75) is 19.3 Å². The van der Waals surface area contributed by atoms with Gasteiger partial charge in [-0.05, 0) is 47.0 Å². The van der Waals surface area contributed by atoms with E-state index in [1.54, 1.807) is 11.3 Å². The van der Waals surface area contributed by atoms with Gasteiger partial charge in [0.1, 0.15) is 5.01 Å². The van der Waals surface area contributed by atoms with Crippen LogP contribution in [0.4, 0.5) is 0 Å². The van der Waals surface area contributed by atoms with E-state index < -0.39 is 0 Å². The van der Waals surface area contributed by atoms with Crippen LogP contribution < -0.4 is 0 Å². The van der Waals surface area contributed by atoms with Crippen LogP contribution in [0.5, 0.6) is 0 Å². The van der Waals surface area contributed by atoms with Gasteiger partial charge in [0.05, 0.1) is 21.6 Å². The van der Waals surface area contributed by atoms with Crippen LogP contribution in [0.3, 0.4) is 0 Å². The van der Waals surface area contributed by atoms with Crippen molar-refractivity contribution < 1.29 is 0 Å². The van der Waals surface area contributed by atoms with Gasteiger partial charge in [0.25, 0.3) is 0 Å². The van der Waals surface area contributed by atoms with Crippen LogP contribution in [0.25, 0.3) is 86.0 Å². The molecule has 5 heteroatoms. The van der Waals surface area contributed by atoms with Crippen molar-refractivity contribution >= 4 is 53.1 Å². The van der Waals surface area contributed by atoms with E-state index in [4.69, 9.17) is 15.0 Å². The first-order valence-electron chi connectivity index (χ1n) is 16.5. The van der Waals surface area contributed by atoms with Gasteiger partial charge < -0.3 is 0 Å². The molecule has 3 nitrogen and oxygen atoms in total. The highest BCUT2D eigenvalue weighted by Gasteiger charge is 2.40. The van der Waals surface area contributed by atoms with Crippen molar-refractivity contribution in [1.29, 1.82) is 0 Å². The Morgan fingerprint density at radius 3 is 2.04 bits per heavy atom. The van der Waals surface area contributed by atoms with Gasteiger partial charge in [0.2, 0.25) is 0 Å². The van der Waals surface area contributed by atoms with Crippen molar-refractivity contribution in [2.24, 2.45) is 0 Å². The van der Waals surface area contributed by atoms with E-state index in [0.29, 0.717) is 0 Å². The zero-order chi connectivity index (χ0) is 32.7. The first-order valence-corrected chi connectivity index (χ1v) is 18.2. The predicted molar refractivity (Wildman–Crippen MR) is 207 cm³/mol. The van der Waals surface area contributed by atoms with Gasteiger partial charge in [-0.25, -0.2) is 15.0 Å². The Morgan fingerprint density at radius 2 is 1.14 bits per heavy atom. The molecule has 0 radical (unpaired) electrons. The second kappa shape index (κ2) is 10.8. The molecule has 0 atom stereocenters. The van der Waals surface area contributed by atoms with Crippen LogP contribution in [0, 0.1) is 0 Å². The molecule has 0 bridgehead atoms. The quantitative estimate of drug-likeness (QED) is 0.188. The smallest absolute Gasteiger partial charge is 0.160 e. The number of nitrogens with zero attached hydrogens (tertiary/aromatic N) is 3. The third kappa shape index (κ3) is 4.43. The Labute approximate surface area is 292 Å². The lowest BCUT2D eigenvalue weighted by atomic mass is 9.80. The molecule has 0 aliphatic heterocycles. The van der Waals surface area contributed by atoms with Crippen LogP contribution in [0.2, 0.25) is 0 Å². The Kier molecular flexibility index (Phi) is 6.26. The summed E-state index contributed by atoms with van der Waals surface area (Å²) in [4.78, 5) is 15.7. The number of fused-ring (bicyclic) bond motifs is 7. The zero-order valence-corrected chi connectivity index (χ0v) is 28.6. The van der Waals surface area contributed by atoms with E-state index in [1.807, 2.05) is 17.4 Å². The lowest BCUT2D eigenvalue weighted by molar-refractivity contribution is 0.658. The number of hydrogen-bond donors (Lipinski definition) is 0. The molecule has 10 rings (SSSR count). The van der Waals surface area contributed by atoms with Crippen LogP contribution >= 0.6 is 22.7 Å². The highest BCUT2D eigenvalue weighted by Crippen LogP contribution is 2.52. The minimum Gasteiger partial charge on any atom is -0.236 e. The first-order chi connectivity index (χ1) is 24.0. The molecule has 0 unspecified atom stereocenters. The number of rotatable bonds is 4. The van der Waals surface area contributed by atoms with Gasteiger partial charge in [-0.15, -0.1) is 22.7 Å². The monoisotopic (exact) mass is 663 g/mol. The van der Waals surface area contributed by atoms with Gasteiger partial charge in [-0.2, -0.15) is 0 Å². The molecule has 3 aromatic heterocycles. The van der Waals surface area contributed by atoms with Crippen LogP contribution in [0.1, 0.15) is 25.0 Å². The molecule has 0 spiro atoms. The summed E-state index contributed by atoms with van der Waals surface area (Å²) < 4.78 is 3.81. The van der Waals surface area contributed by atoms with E-state index in [9.17, 15) is 0 Å². The summed E-state index contributed by atoms with van der Waals surface area (Å²) in [5.41, 5.74) is 12.0. The molecular weight excluding hydrogens is 635 g/mol. The largest absolute Gasteiger partial charge is 0.236 e. The number of para-hydroxylation sites is 1. The summed E-state index contributed by atoms with van der Waals surface area (Å²) in [5, 5.41) is 3.61. The molecule has 3 heterocycles. The Bertz CT molecular complexity index is 2740. The van der Waals surface area contributed by atoms with Crippen LogP contribution in [0.15, 0.2) is 140 Å². The van der Waals surface area contributed by atoms with E-state index in [2.05, 4.69) is 147 Å². The van der Waals surface area contributed by atoms with Crippen molar-refractivity contribution in [2.75, 3.05) is 0 Å². The molecule has 0 N–H and O–H groups in total. The zero-order valence-electron chi connectivity index (χ0n) is 26.9. The van der Waals surface area contributed by atoms with Crippen LogP contribution in [-0.2, 0) is 5.41 Å². The van der Waals surface area contributed by atoms with Crippen molar-refractivity contribution in [3.63, 3.8) is 0 Å². The van der Waals surface area contributed by atoms with Crippen molar-refractivity contribution in [3.05, 3.63) is 151 Å². The van der Waals surface area contributed by atoms with Gasteiger partial charge in [-0.3, -0.25) is 0 Å². The maximum absolute atomic E-state index is 5.45. The highest BCUT2D eigenvalue weighted by atomic mass is 32.1. The van der Waals surface area contributed by atoms with Crippen molar-refractivity contribution in [3.8, 4) is 55.6 Å². The van der Waals surface area contributed by atoms with E-state index >= 15 is 0 Å². The summed E-state index contributed by atoms with van der Waals surface area (Å²) in [5.74, 6) is 0.723.